The number of thiophene rings is 1. The van der Waals surface area contributed by atoms with Gasteiger partial charge in [-0.15, -0.1) is 11.3 Å². The Labute approximate surface area is 220 Å². The Bertz CT molecular complexity index is 1050. The number of anilines is 1. The highest BCUT2D eigenvalue weighted by Crippen LogP contribution is 2.37. The summed E-state index contributed by atoms with van der Waals surface area (Å²) in [5, 5.41) is 10.1. The van der Waals surface area contributed by atoms with Crippen LogP contribution in [0.3, 0.4) is 0 Å². The highest BCUT2D eigenvalue weighted by Gasteiger charge is 2.35. The largest absolute Gasteiger partial charge is 0.477 e. The van der Waals surface area contributed by atoms with Gasteiger partial charge < -0.3 is 14.7 Å². The van der Waals surface area contributed by atoms with E-state index in [4.69, 9.17) is 4.74 Å². The Balaban J connectivity index is 2.02. The van der Waals surface area contributed by atoms with Crippen molar-refractivity contribution >= 4 is 28.9 Å². The van der Waals surface area contributed by atoms with Crippen molar-refractivity contribution in [1.82, 2.24) is 0 Å². The summed E-state index contributed by atoms with van der Waals surface area (Å²) in [4.78, 5) is 28.8. The molecule has 0 aromatic carbocycles. The van der Waals surface area contributed by atoms with E-state index in [2.05, 4.69) is 31.4 Å². The molecule has 2 heterocycles. The number of rotatable bonds is 6. The van der Waals surface area contributed by atoms with Crippen LogP contribution in [0.5, 0.6) is 0 Å². The van der Waals surface area contributed by atoms with Gasteiger partial charge in [-0.2, -0.15) is 0 Å². The molecule has 2 fully saturated rings. The number of hydrogen-bond donors (Lipinski definition) is 1. The van der Waals surface area contributed by atoms with Crippen molar-refractivity contribution in [3.8, 4) is 11.8 Å². The van der Waals surface area contributed by atoms with Crippen LogP contribution in [0.25, 0.3) is 0 Å². The molecule has 0 bridgehead atoms. The standard InChI is InChI=1S/C30H41NO4S/c1-20-9-11-24(12-10-20)28(32)31(22(3)21(2)18-23-8-7-16-35-17-14-23)26-19-25(13-15-30(4,5)6)36-27(26)29(33)34/h18-20,22,24H,2,7-12,14,16-17H2,1,3-6H3,(H,33,34)/b23-18-/t20?,22-,24?/m0/s1. The Morgan fingerprint density at radius 1 is 1.22 bits per heavy atom. The van der Waals surface area contributed by atoms with Crippen LogP contribution in [0.4, 0.5) is 5.69 Å². The molecule has 2 aliphatic rings. The fourth-order valence-electron chi connectivity index (χ4n) is 4.77. The monoisotopic (exact) mass is 511 g/mol. The quantitative estimate of drug-likeness (QED) is 0.415. The second-order valence-corrected chi connectivity index (χ2v) is 12.4. The molecule has 3 rings (SSSR count). The molecule has 1 aromatic rings. The van der Waals surface area contributed by atoms with Gasteiger partial charge in [0, 0.05) is 17.9 Å². The van der Waals surface area contributed by atoms with Crippen molar-refractivity contribution < 1.29 is 19.4 Å². The molecule has 1 N–H and O–H groups in total. The summed E-state index contributed by atoms with van der Waals surface area (Å²) in [5.41, 5.74) is 2.31. The fraction of sp³-hybridized carbons (Fsp3) is 0.600. The number of ether oxygens (including phenoxy) is 1. The predicted octanol–water partition coefficient (Wildman–Crippen LogP) is 7.07. The number of carbonyl (C=O) groups is 2. The van der Waals surface area contributed by atoms with Crippen molar-refractivity contribution in [3.63, 3.8) is 0 Å². The maximum atomic E-state index is 14.0. The molecular weight excluding hydrogens is 470 g/mol. The van der Waals surface area contributed by atoms with Gasteiger partial charge in [0.25, 0.3) is 0 Å². The van der Waals surface area contributed by atoms with Crippen LogP contribution in [-0.2, 0) is 9.53 Å². The van der Waals surface area contributed by atoms with E-state index >= 15 is 0 Å². The molecule has 36 heavy (non-hydrogen) atoms. The van der Waals surface area contributed by atoms with E-state index in [0.717, 1.165) is 68.5 Å². The number of carboxylic acids is 1. The number of amides is 1. The molecule has 1 aromatic heterocycles. The average molecular weight is 512 g/mol. The Morgan fingerprint density at radius 2 is 1.92 bits per heavy atom. The van der Waals surface area contributed by atoms with Gasteiger partial charge in [0.15, 0.2) is 0 Å². The predicted molar refractivity (Wildman–Crippen MR) is 148 cm³/mol. The second-order valence-electron chi connectivity index (χ2n) is 11.3. The molecule has 1 saturated carbocycles. The average Bonchev–Trinajstić information content (AvgIpc) is 3.07. The minimum atomic E-state index is -1.04. The Morgan fingerprint density at radius 3 is 2.56 bits per heavy atom. The first-order chi connectivity index (χ1) is 17.0. The molecule has 1 saturated heterocycles. The maximum Gasteiger partial charge on any atom is 0.348 e. The van der Waals surface area contributed by atoms with Crippen LogP contribution < -0.4 is 4.90 Å². The van der Waals surface area contributed by atoms with Gasteiger partial charge in [0.05, 0.1) is 23.2 Å². The summed E-state index contributed by atoms with van der Waals surface area (Å²) in [6, 6.07) is 1.41. The third-order valence-electron chi connectivity index (χ3n) is 7.00. The molecule has 5 nitrogen and oxygen atoms in total. The van der Waals surface area contributed by atoms with E-state index in [9.17, 15) is 14.7 Å². The Kier molecular flexibility index (Phi) is 9.60. The minimum absolute atomic E-state index is 0.00576. The smallest absolute Gasteiger partial charge is 0.348 e. The van der Waals surface area contributed by atoms with Crippen molar-refractivity contribution in [2.45, 2.75) is 85.6 Å². The summed E-state index contributed by atoms with van der Waals surface area (Å²) >= 11 is 1.14. The van der Waals surface area contributed by atoms with Crippen LogP contribution in [0.1, 0.15) is 94.1 Å². The van der Waals surface area contributed by atoms with Crippen molar-refractivity contribution in [3.05, 3.63) is 39.6 Å². The highest BCUT2D eigenvalue weighted by atomic mass is 32.1. The summed E-state index contributed by atoms with van der Waals surface area (Å²) in [6.45, 7) is 16.0. The zero-order valence-electron chi connectivity index (χ0n) is 22.5. The van der Waals surface area contributed by atoms with Crippen molar-refractivity contribution in [1.29, 1.82) is 0 Å². The lowest BCUT2D eigenvalue weighted by Crippen LogP contribution is -2.44. The molecule has 0 unspecified atom stereocenters. The maximum absolute atomic E-state index is 14.0. The number of hydrogen-bond acceptors (Lipinski definition) is 4. The second kappa shape index (κ2) is 12.3. The van der Waals surface area contributed by atoms with Gasteiger partial charge in [-0.25, -0.2) is 4.79 Å². The minimum Gasteiger partial charge on any atom is -0.477 e. The zero-order chi connectivity index (χ0) is 26.5. The Hall–Kier alpha value is -2.36. The van der Waals surface area contributed by atoms with Crippen LogP contribution in [0.2, 0.25) is 0 Å². The van der Waals surface area contributed by atoms with Gasteiger partial charge in [-0.05, 0) is 90.2 Å². The molecular formula is C30H41NO4S. The first-order valence-electron chi connectivity index (χ1n) is 13.2. The normalized spacial score (nSPS) is 22.8. The zero-order valence-corrected chi connectivity index (χ0v) is 23.3. The lowest BCUT2D eigenvalue weighted by Gasteiger charge is -2.35. The molecule has 0 radical (unpaired) electrons. The van der Waals surface area contributed by atoms with E-state index in [0.29, 0.717) is 23.1 Å². The molecule has 196 valence electrons. The number of carboxylic acid groups (broad SMARTS) is 1. The molecule has 1 aliphatic carbocycles. The number of nitrogens with zero attached hydrogens (tertiary/aromatic N) is 1. The van der Waals surface area contributed by atoms with Crippen molar-refractivity contribution in [2.24, 2.45) is 17.3 Å². The summed E-state index contributed by atoms with van der Waals surface area (Å²) in [7, 11) is 0. The lowest BCUT2D eigenvalue weighted by molar-refractivity contribution is -0.123. The van der Waals surface area contributed by atoms with Gasteiger partial charge in [-0.1, -0.05) is 37.0 Å². The molecule has 1 aliphatic heterocycles. The summed E-state index contributed by atoms with van der Waals surface area (Å²) in [6.07, 6.45) is 8.56. The molecule has 1 amide bonds. The van der Waals surface area contributed by atoms with Crippen LogP contribution in [-0.4, -0.2) is 36.2 Å². The van der Waals surface area contributed by atoms with Gasteiger partial charge >= 0.3 is 5.97 Å². The van der Waals surface area contributed by atoms with E-state index in [1.807, 2.05) is 27.7 Å². The van der Waals surface area contributed by atoms with Gasteiger partial charge in [0.2, 0.25) is 5.91 Å². The summed E-state index contributed by atoms with van der Waals surface area (Å²) < 4.78 is 5.59. The van der Waals surface area contributed by atoms with Gasteiger partial charge in [-0.3, -0.25) is 4.79 Å². The first-order valence-corrected chi connectivity index (χ1v) is 14.0. The van der Waals surface area contributed by atoms with Crippen LogP contribution >= 0.6 is 11.3 Å². The molecule has 6 heteroatoms. The third-order valence-corrected chi connectivity index (χ3v) is 8.02. The van der Waals surface area contributed by atoms with Crippen LogP contribution in [0.15, 0.2) is 29.9 Å². The van der Waals surface area contributed by atoms with E-state index < -0.39 is 5.97 Å². The molecule has 1 atom stereocenters. The SMILES string of the molecule is C=C(/C=C1/CCCOCC1)[C@H](C)N(C(=O)C1CCC(C)CC1)c1cc(C#CC(C)(C)C)sc1C(=O)O. The van der Waals surface area contributed by atoms with Crippen LogP contribution in [0, 0.1) is 29.1 Å². The number of aromatic carboxylic acids is 1. The highest BCUT2D eigenvalue weighted by molar-refractivity contribution is 7.15. The van der Waals surface area contributed by atoms with Crippen molar-refractivity contribution in [2.75, 3.05) is 18.1 Å². The number of carbonyl (C=O) groups excluding carboxylic acids is 1. The first kappa shape index (κ1) is 28.2. The third kappa shape index (κ3) is 7.57. The van der Waals surface area contributed by atoms with E-state index in [1.165, 1.54) is 5.57 Å². The lowest BCUT2D eigenvalue weighted by atomic mass is 9.82. The molecule has 0 spiro atoms. The summed E-state index contributed by atoms with van der Waals surface area (Å²) in [5.74, 6) is 5.80. The topological polar surface area (TPSA) is 66.8 Å². The van der Waals surface area contributed by atoms with Gasteiger partial charge in [0.1, 0.15) is 4.88 Å². The van der Waals surface area contributed by atoms with E-state index in [1.54, 1.807) is 11.0 Å². The fourth-order valence-corrected chi connectivity index (χ4v) is 5.61. The van der Waals surface area contributed by atoms with E-state index in [-0.39, 0.29) is 28.2 Å².